The highest BCUT2D eigenvalue weighted by atomic mass is 35.5. The van der Waals surface area contributed by atoms with Gasteiger partial charge in [0, 0.05) is 29.2 Å². The van der Waals surface area contributed by atoms with Crippen LogP contribution in [0.3, 0.4) is 0 Å². The number of hydrogen-bond donors (Lipinski definition) is 1. The van der Waals surface area contributed by atoms with Crippen LogP contribution < -0.4 is 5.32 Å². The SMILES string of the molecule is O=C(Nc1ccc(F)c(F)c1)C1CCN(Cc2cccc(Cl)c2)CC1. The van der Waals surface area contributed by atoms with Crippen LogP contribution in [0.1, 0.15) is 18.4 Å². The van der Waals surface area contributed by atoms with Crippen molar-refractivity contribution in [2.24, 2.45) is 5.92 Å². The van der Waals surface area contributed by atoms with E-state index >= 15 is 0 Å². The van der Waals surface area contributed by atoms with Crippen LogP contribution in [0.15, 0.2) is 42.5 Å². The van der Waals surface area contributed by atoms with E-state index in [4.69, 9.17) is 11.6 Å². The molecular formula is C19H19ClF2N2O. The van der Waals surface area contributed by atoms with Crippen LogP contribution in [0.25, 0.3) is 0 Å². The Labute approximate surface area is 150 Å². The second-order valence-corrected chi connectivity index (χ2v) is 6.73. The monoisotopic (exact) mass is 364 g/mol. The molecular weight excluding hydrogens is 346 g/mol. The van der Waals surface area contributed by atoms with E-state index in [1.165, 1.54) is 6.07 Å². The van der Waals surface area contributed by atoms with Crippen molar-refractivity contribution >= 4 is 23.2 Å². The van der Waals surface area contributed by atoms with Gasteiger partial charge in [-0.15, -0.1) is 0 Å². The van der Waals surface area contributed by atoms with Crippen molar-refractivity contribution in [1.82, 2.24) is 4.90 Å². The fourth-order valence-corrected chi connectivity index (χ4v) is 3.28. The summed E-state index contributed by atoms with van der Waals surface area (Å²) in [6.45, 7) is 2.42. The molecule has 1 fully saturated rings. The zero-order chi connectivity index (χ0) is 17.8. The number of nitrogens with zero attached hydrogens (tertiary/aromatic N) is 1. The van der Waals surface area contributed by atoms with E-state index in [1.54, 1.807) is 0 Å². The lowest BCUT2D eigenvalue weighted by Crippen LogP contribution is -2.37. The Morgan fingerprint density at radius 2 is 1.88 bits per heavy atom. The maximum Gasteiger partial charge on any atom is 0.227 e. The molecule has 2 aromatic carbocycles. The van der Waals surface area contributed by atoms with Gasteiger partial charge in [-0.2, -0.15) is 0 Å². The van der Waals surface area contributed by atoms with Gasteiger partial charge in [0.15, 0.2) is 11.6 Å². The highest BCUT2D eigenvalue weighted by Gasteiger charge is 2.25. The van der Waals surface area contributed by atoms with Crippen LogP contribution >= 0.6 is 11.6 Å². The summed E-state index contributed by atoms with van der Waals surface area (Å²) >= 11 is 6.00. The lowest BCUT2D eigenvalue weighted by molar-refractivity contribution is -0.121. The third kappa shape index (κ3) is 4.77. The number of rotatable bonds is 4. The van der Waals surface area contributed by atoms with Gasteiger partial charge in [-0.3, -0.25) is 9.69 Å². The zero-order valence-electron chi connectivity index (χ0n) is 13.6. The van der Waals surface area contributed by atoms with Gasteiger partial charge in [-0.1, -0.05) is 23.7 Å². The number of benzene rings is 2. The quantitative estimate of drug-likeness (QED) is 0.868. The highest BCUT2D eigenvalue weighted by molar-refractivity contribution is 6.30. The van der Waals surface area contributed by atoms with Gasteiger partial charge in [0.05, 0.1) is 0 Å². The molecule has 1 aliphatic heterocycles. The van der Waals surface area contributed by atoms with Crippen molar-refractivity contribution in [2.75, 3.05) is 18.4 Å². The second-order valence-electron chi connectivity index (χ2n) is 6.30. The Balaban J connectivity index is 1.51. The minimum Gasteiger partial charge on any atom is -0.326 e. The van der Waals surface area contributed by atoms with E-state index < -0.39 is 11.6 Å². The summed E-state index contributed by atoms with van der Waals surface area (Å²) in [6, 6.07) is 11.1. The molecule has 3 nitrogen and oxygen atoms in total. The van der Waals surface area contributed by atoms with Gasteiger partial charge >= 0.3 is 0 Å². The summed E-state index contributed by atoms with van der Waals surface area (Å²) < 4.78 is 26.2. The summed E-state index contributed by atoms with van der Waals surface area (Å²) in [4.78, 5) is 14.6. The van der Waals surface area contributed by atoms with Crippen LogP contribution in [-0.2, 0) is 11.3 Å². The number of amides is 1. The summed E-state index contributed by atoms with van der Waals surface area (Å²) in [5.41, 5.74) is 1.43. The molecule has 1 aliphatic rings. The Morgan fingerprint density at radius 1 is 1.12 bits per heavy atom. The maximum atomic E-state index is 13.2. The van der Waals surface area contributed by atoms with E-state index in [-0.39, 0.29) is 17.5 Å². The molecule has 1 heterocycles. The van der Waals surface area contributed by atoms with E-state index in [0.29, 0.717) is 0 Å². The largest absolute Gasteiger partial charge is 0.326 e. The summed E-state index contributed by atoms with van der Waals surface area (Å²) in [5.74, 6) is -2.15. The number of halogens is 3. The van der Waals surface area contributed by atoms with Gasteiger partial charge in [0.25, 0.3) is 0 Å². The lowest BCUT2D eigenvalue weighted by Gasteiger charge is -2.31. The number of anilines is 1. The first-order valence-corrected chi connectivity index (χ1v) is 8.62. The highest BCUT2D eigenvalue weighted by Crippen LogP contribution is 2.22. The van der Waals surface area contributed by atoms with E-state index in [2.05, 4.69) is 10.2 Å². The number of likely N-dealkylation sites (tertiary alicyclic amines) is 1. The third-order valence-corrected chi connectivity index (χ3v) is 4.68. The third-order valence-electron chi connectivity index (χ3n) is 4.44. The predicted octanol–water partition coefficient (Wildman–Crippen LogP) is 4.47. The van der Waals surface area contributed by atoms with Crippen molar-refractivity contribution < 1.29 is 13.6 Å². The molecule has 0 unspecified atom stereocenters. The molecule has 2 aromatic rings. The first-order valence-electron chi connectivity index (χ1n) is 8.24. The van der Waals surface area contributed by atoms with Gasteiger partial charge in [0.1, 0.15) is 0 Å². The van der Waals surface area contributed by atoms with Gasteiger partial charge in [-0.05, 0) is 55.8 Å². The molecule has 132 valence electrons. The maximum absolute atomic E-state index is 13.2. The zero-order valence-corrected chi connectivity index (χ0v) is 14.4. The first-order chi connectivity index (χ1) is 12.0. The van der Waals surface area contributed by atoms with E-state index in [0.717, 1.165) is 55.2 Å². The van der Waals surface area contributed by atoms with Gasteiger partial charge in [-0.25, -0.2) is 8.78 Å². The fourth-order valence-electron chi connectivity index (χ4n) is 3.06. The molecule has 6 heteroatoms. The predicted molar refractivity (Wildman–Crippen MR) is 94.4 cm³/mol. The van der Waals surface area contributed by atoms with Crippen LogP contribution in [0.4, 0.5) is 14.5 Å². The summed E-state index contributed by atoms with van der Waals surface area (Å²) in [5, 5.41) is 3.39. The summed E-state index contributed by atoms with van der Waals surface area (Å²) in [6.07, 6.45) is 1.46. The number of hydrogen-bond acceptors (Lipinski definition) is 2. The van der Waals surface area contributed by atoms with Crippen molar-refractivity contribution in [3.8, 4) is 0 Å². The molecule has 0 radical (unpaired) electrons. The van der Waals surface area contributed by atoms with Crippen LogP contribution in [0.5, 0.6) is 0 Å². The Morgan fingerprint density at radius 3 is 2.56 bits per heavy atom. The van der Waals surface area contributed by atoms with E-state index in [1.807, 2.05) is 24.3 Å². The number of carbonyl (C=O) groups is 1. The Hall–Kier alpha value is -1.98. The minimum atomic E-state index is -0.964. The topological polar surface area (TPSA) is 32.3 Å². The molecule has 0 bridgehead atoms. The van der Waals surface area contributed by atoms with Crippen LogP contribution in [-0.4, -0.2) is 23.9 Å². The van der Waals surface area contributed by atoms with Gasteiger partial charge in [0.2, 0.25) is 5.91 Å². The average molecular weight is 365 g/mol. The minimum absolute atomic E-state index is 0.122. The standard InChI is InChI=1S/C19H19ClF2N2O/c20-15-3-1-2-13(10-15)12-24-8-6-14(7-9-24)19(25)23-16-4-5-17(21)18(22)11-16/h1-5,10-11,14H,6-9,12H2,(H,23,25). The number of carbonyl (C=O) groups excluding carboxylic acids is 1. The molecule has 0 aromatic heterocycles. The molecule has 0 aliphatic carbocycles. The van der Waals surface area contributed by atoms with Crippen molar-refractivity contribution in [2.45, 2.75) is 19.4 Å². The average Bonchev–Trinajstić information content (AvgIpc) is 2.59. The fraction of sp³-hybridized carbons (Fsp3) is 0.316. The molecule has 0 spiro atoms. The number of piperidine rings is 1. The second kappa shape index (κ2) is 7.93. The normalized spacial score (nSPS) is 16.0. The lowest BCUT2D eigenvalue weighted by atomic mass is 9.95. The molecule has 1 N–H and O–H groups in total. The first kappa shape index (κ1) is 17.8. The number of nitrogens with one attached hydrogen (secondary N) is 1. The van der Waals surface area contributed by atoms with Crippen molar-refractivity contribution in [3.63, 3.8) is 0 Å². The summed E-state index contributed by atoms with van der Waals surface area (Å²) in [7, 11) is 0. The van der Waals surface area contributed by atoms with E-state index in [9.17, 15) is 13.6 Å². The van der Waals surface area contributed by atoms with Crippen molar-refractivity contribution in [1.29, 1.82) is 0 Å². The molecule has 3 rings (SSSR count). The molecule has 0 saturated carbocycles. The molecule has 1 amide bonds. The van der Waals surface area contributed by atoms with Crippen LogP contribution in [0.2, 0.25) is 5.02 Å². The molecule has 25 heavy (non-hydrogen) atoms. The Kier molecular flexibility index (Phi) is 5.66. The molecule has 0 atom stereocenters. The van der Waals surface area contributed by atoms with Crippen molar-refractivity contribution in [3.05, 3.63) is 64.7 Å². The van der Waals surface area contributed by atoms with Gasteiger partial charge < -0.3 is 5.32 Å². The molecule has 1 saturated heterocycles. The van der Waals surface area contributed by atoms with Crippen LogP contribution in [0, 0.1) is 17.6 Å². The Bertz CT molecular complexity index is 761. The smallest absolute Gasteiger partial charge is 0.227 e.